The molecule has 1 aliphatic carbocycles. The Hall–Kier alpha value is -1.52. The first-order valence-corrected chi connectivity index (χ1v) is 6.29. The molecule has 1 heterocycles. The normalized spacial score (nSPS) is 15.2. The summed E-state index contributed by atoms with van der Waals surface area (Å²) >= 11 is 0. The number of hydrogen-bond donors (Lipinski definition) is 1. The fourth-order valence-corrected chi connectivity index (χ4v) is 1.97. The molecule has 2 aromatic rings. The summed E-state index contributed by atoms with van der Waals surface area (Å²) in [6, 6.07) is 7.76. The minimum absolute atomic E-state index is 0.257. The van der Waals surface area contributed by atoms with Gasteiger partial charge in [-0.15, -0.1) is 0 Å². The number of fused-ring (bicyclic) bond motifs is 1. The third-order valence-electron chi connectivity index (χ3n) is 3.14. The second-order valence-corrected chi connectivity index (χ2v) is 4.63. The van der Waals surface area contributed by atoms with Crippen LogP contribution >= 0.6 is 0 Å². The third-order valence-corrected chi connectivity index (χ3v) is 3.14. The summed E-state index contributed by atoms with van der Waals surface area (Å²) in [4.78, 5) is 0. The largest absolute Gasteiger partial charge is 0.463 e. The zero-order valence-corrected chi connectivity index (χ0v) is 10.2. The van der Waals surface area contributed by atoms with Crippen molar-refractivity contribution in [2.75, 3.05) is 13.4 Å². The second kappa shape index (κ2) is 5.00. The molecule has 4 nitrogen and oxygen atoms in total. The predicted molar refractivity (Wildman–Crippen MR) is 68.3 cm³/mol. The first-order chi connectivity index (χ1) is 8.88. The molecule has 1 fully saturated rings. The van der Waals surface area contributed by atoms with Gasteiger partial charge in [-0.1, -0.05) is 12.1 Å². The van der Waals surface area contributed by atoms with E-state index in [9.17, 15) is 0 Å². The minimum Gasteiger partial charge on any atom is -0.463 e. The van der Waals surface area contributed by atoms with Gasteiger partial charge in [-0.2, -0.15) is 0 Å². The molecule has 0 bridgehead atoms. The van der Waals surface area contributed by atoms with Gasteiger partial charge in [-0.25, -0.2) is 0 Å². The molecule has 1 aliphatic rings. The highest BCUT2D eigenvalue weighted by Crippen LogP contribution is 2.33. The fraction of sp³-hybridized carbons (Fsp3) is 0.429. The van der Waals surface area contributed by atoms with Crippen molar-refractivity contribution in [1.82, 2.24) is 0 Å². The SMILES string of the molecule is NCc1oc2ccccc2c1OCOCC1CC1. The predicted octanol–water partition coefficient (Wildman–Crippen LogP) is 2.65. The summed E-state index contributed by atoms with van der Waals surface area (Å²) in [5.41, 5.74) is 6.46. The van der Waals surface area contributed by atoms with E-state index in [0.29, 0.717) is 18.1 Å². The summed E-state index contributed by atoms with van der Waals surface area (Å²) in [6.07, 6.45) is 2.56. The molecule has 0 amide bonds. The maximum Gasteiger partial charge on any atom is 0.189 e. The zero-order valence-electron chi connectivity index (χ0n) is 10.2. The van der Waals surface area contributed by atoms with Gasteiger partial charge in [0.25, 0.3) is 0 Å². The lowest BCUT2D eigenvalue weighted by atomic mass is 10.2. The molecule has 0 aliphatic heterocycles. The lowest BCUT2D eigenvalue weighted by Gasteiger charge is -2.06. The van der Waals surface area contributed by atoms with Crippen molar-refractivity contribution in [3.05, 3.63) is 30.0 Å². The van der Waals surface area contributed by atoms with E-state index in [1.165, 1.54) is 12.8 Å². The highest BCUT2D eigenvalue weighted by Gasteiger charge is 2.21. The van der Waals surface area contributed by atoms with Crippen molar-refractivity contribution in [2.24, 2.45) is 11.7 Å². The fourth-order valence-electron chi connectivity index (χ4n) is 1.97. The average molecular weight is 247 g/mol. The number of furan rings is 1. The van der Waals surface area contributed by atoms with Gasteiger partial charge >= 0.3 is 0 Å². The van der Waals surface area contributed by atoms with Crippen LogP contribution in [0.4, 0.5) is 0 Å². The number of nitrogens with two attached hydrogens (primary N) is 1. The lowest BCUT2D eigenvalue weighted by Crippen LogP contribution is -2.07. The van der Waals surface area contributed by atoms with E-state index in [1.807, 2.05) is 24.3 Å². The maximum absolute atomic E-state index is 5.66. The highest BCUT2D eigenvalue weighted by atomic mass is 16.7. The monoisotopic (exact) mass is 247 g/mol. The van der Waals surface area contributed by atoms with Crippen LogP contribution in [0.3, 0.4) is 0 Å². The molecule has 0 saturated heterocycles. The van der Waals surface area contributed by atoms with Gasteiger partial charge in [-0.05, 0) is 30.9 Å². The highest BCUT2D eigenvalue weighted by molar-refractivity contribution is 5.85. The average Bonchev–Trinajstić information content (AvgIpc) is 3.15. The Labute approximate surface area is 106 Å². The Kier molecular flexibility index (Phi) is 3.21. The van der Waals surface area contributed by atoms with E-state index in [-0.39, 0.29) is 6.79 Å². The Balaban J connectivity index is 1.71. The number of ether oxygens (including phenoxy) is 2. The van der Waals surface area contributed by atoms with E-state index >= 15 is 0 Å². The van der Waals surface area contributed by atoms with Crippen molar-refractivity contribution < 1.29 is 13.9 Å². The van der Waals surface area contributed by atoms with Crippen molar-refractivity contribution in [3.63, 3.8) is 0 Å². The van der Waals surface area contributed by atoms with Crippen LogP contribution in [-0.2, 0) is 11.3 Å². The molecule has 18 heavy (non-hydrogen) atoms. The van der Waals surface area contributed by atoms with Gasteiger partial charge in [0.2, 0.25) is 0 Å². The van der Waals surface area contributed by atoms with Crippen molar-refractivity contribution >= 4 is 11.0 Å². The van der Waals surface area contributed by atoms with Crippen molar-refractivity contribution in [3.8, 4) is 5.75 Å². The minimum atomic E-state index is 0.257. The summed E-state index contributed by atoms with van der Waals surface area (Å²) in [6.45, 7) is 1.37. The van der Waals surface area contributed by atoms with E-state index < -0.39 is 0 Å². The number of hydrogen-bond acceptors (Lipinski definition) is 4. The molecular formula is C14H17NO3. The van der Waals surface area contributed by atoms with E-state index in [4.69, 9.17) is 19.6 Å². The quantitative estimate of drug-likeness (QED) is 0.629. The van der Waals surface area contributed by atoms with Crippen molar-refractivity contribution in [1.29, 1.82) is 0 Å². The lowest BCUT2D eigenvalue weighted by molar-refractivity contribution is 0.00969. The van der Waals surface area contributed by atoms with Gasteiger partial charge in [0.1, 0.15) is 5.58 Å². The number of benzene rings is 1. The van der Waals surface area contributed by atoms with Crippen LogP contribution in [0, 0.1) is 5.92 Å². The standard InChI is InChI=1S/C14H17NO3/c15-7-13-14(17-9-16-8-10-5-6-10)11-3-1-2-4-12(11)18-13/h1-4,10H,5-9,15H2. The third kappa shape index (κ3) is 2.35. The van der Waals surface area contributed by atoms with Gasteiger partial charge in [0.05, 0.1) is 18.5 Å². The molecule has 0 unspecified atom stereocenters. The summed E-state index contributed by atoms with van der Waals surface area (Å²) < 4.78 is 16.8. The maximum atomic E-state index is 5.66. The van der Waals surface area contributed by atoms with Gasteiger partial charge in [0, 0.05) is 0 Å². The van der Waals surface area contributed by atoms with Crippen LogP contribution in [0.15, 0.2) is 28.7 Å². The van der Waals surface area contributed by atoms with Crippen LogP contribution < -0.4 is 10.5 Å². The topological polar surface area (TPSA) is 57.6 Å². The van der Waals surface area contributed by atoms with Gasteiger partial charge < -0.3 is 19.6 Å². The molecule has 0 radical (unpaired) electrons. The van der Waals surface area contributed by atoms with Gasteiger partial charge in [-0.3, -0.25) is 0 Å². The van der Waals surface area contributed by atoms with Gasteiger partial charge in [0.15, 0.2) is 18.3 Å². The summed E-state index contributed by atoms with van der Waals surface area (Å²) in [5, 5.41) is 0.952. The van der Waals surface area contributed by atoms with E-state index in [1.54, 1.807) is 0 Å². The molecule has 1 saturated carbocycles. The summed E-state index contributed by atoms with van der Waals surface area (Å²) in [7, 11) is 0. The zero-order chi connectivity index (χ0) is 12.4. The first-order valence-electron chi connectivity index (χ1n) is 6.29. The Morgan fingerprint density at radius 3 is 2.89 bits per heavy atom. The van der Waals surface area contributed by atoms with E-state index in [0.717, 1.165) is 23.5 Å². The van der Waals surface area contributed by atoms with Crippen LogP contribution in [0.1, 0.15) is 18.6 Å². The number of rotatable bonds is 6. The molecule has 0 spiro atoms. The summed E-state index contributed by atoms with van der Waals surface area (Å²) in [5.74, 6) is 2.12. The van der Waals surface area contributed by atoms with E-state index in [2.05, 4.69) is 0 Å². The molecule has 1 aromatic carbocycles. The second-order valence-electron chi connectivity index (χ2n) is 4.63. The Bertz CT molecular complexity index is 531. The molecule has 96 valence electrons. The smallest absolute Gasteiger partial charge is 0.189 e. The van der Waals surface area contributed by atoms with Crippen LogP contribution in [0.25, 0.3) is 11.0 Å². The van der Waals surface area contributed by atoms with Crippen molar-refractivity contribution in [2.45, 2.75) is 19.4 Å². The molecule has 1 aromatic heterocycles. The first kappa shape index (κ1) is 11.6. The van der Waals surface area contributed by atoms with Crippen LogP contribution in [0.5, 0.6) is 5.75 Å². The molecule has 4 heteroatoms. The number of para-hydroxylation sites is 1. The Morgan fingerprint density at radius 1 is 1.28 bits per heavy atom. The molecular weight excluding hydrogens is 230 g/mol. The molecule has 2 N–H and O–H groups in total. The Morgan fingerprint density at radius 2 is 2.11 bits per heavy atom. The molecule has 0 atom stereocenters. The van der Waals surface area contributed by atoms with Crippen LogP contribution in [-0.4, -0.2) is 13.4 Å². The molecule has 3 rings (SSSR count). The van der Waals surface area contributed by atoms with Crippen LogP contribution in [0.2, 0.25) is 0 Å².